The Hall–Kier alpha value is -2.75. The van der Waals surface area contributed by atoms with Crippen molar-refractivity contribution in [2.75, 3.05) is 0 Å². The summed E-state index contributed by atoms with van der Waals surface area (Å²) in [4.78, 5) is 11.1. The van der Waals surface area contributed by atoms with Crippen molar-refractivity contribution >= 4 is 27.6 Å². The van der Waals surface area contributed by atoms with Gasteiger partial charge in [0.1, 0.15) is 12.4 Å². The van der Waals surface area contributed by atoms with Gasteiger partial charge in [-0.25, -0.2) is 17.5 Å². The van der Waals surface area contributed by atoms with Crippen molar-refractivity contribution in [1.29, 1.82) is 0 Å². The lowest BCUT2D eigenvalue weighted by Gasteiger charge is -2.24. The lowest BCUT2D eigenvalue weighted by atomic mass is 9.94. The van der Waals surface area contributed by atoms with Crippen LogP contribution in [0.5, 0.6) is 0 Å². The molecule has 1 atom stereocenters. The summed E-state index contributed by atoms with van der Waals surface area (Å²) < 4.78 is 43.4. The van der Waals surface area contributed by atoms with Gasteiger partial charge in [-0.1, -0.05) is 29.8 Å². The van der Waals surface area contributed by atoms with Crippen LogP contribution in [0.2, 0.25) is 5.02 Å². The van der Waals surface area contributed by atoms with Crippen LogP contribution < -0.4 is 4.72 Å². The predicted molar refractivity (Wildman–Crippen MR) is 113 cm³/mol. The number of aliphatic carboxylic acids is 1. The number of benzene rings is 2. The second kappa shape index (κ2) is 8.41. The number of halogens is 2. The number of hydrogen-bond donors (Lipinski definition) is 2. The average molecular weight is 464 g/mol. The molecule has 7 nitrogen and oxygen atoms in total. The van der Waals surface area contributed by atoms with Crippen LogP contribution in [0.25, 0.3) is 11.1 Å². The largest absolute Gasteiger partial charge is 0.480 e. The van der Waals surface area contributed by atoms with E-state index in [0.29, 0.717) is 29.5 Å². The van der Waals surface area contributed by atoms with Gasteiger partial charge in [0.25, 0.3) is 0 Å². The Morgan fingerprint density at radius 3 is 2.61 bits per heavy atom. The zero-order valence-electron chi connectivity index (χ0n) is 16.3. The minimum atomic E-state index is -3.82. The molecule has 0 saturated carbocycles. The van der Waals surface area contributed by atoms with Crippen molar-refractivity contribution in [2.24, 2.45) is 0 Å². The van der Waals surface area contributed by atoms with Gasteiger partial charge in [-0.05, 0) is 54.7 Å². The van der Waals surface area contributed by atoms with Gasteiger partial charge in [-0.3, -0.25) is 9.48 Å². The zero-order chi connectivity index (χ0) is 22.2. The molecule has 1 aliphatic rings. The SMILES string of the molecule is O=C(O)Cn1ncc2c1CCCC2NS(=O)(=O)c1ccc(-c2ccc(F)c(Cl)c2)cc1. The van der Waals surface area contributed by atoms with Crippen LogP contribution in [-0.4, -0.2) is 29.3 Å². The topological polar surface area (TPSA) is 101 Å². The van der Waals surface area contributed by atoms with Crippen molar-refractivity contribution in [3.8, 4) is 11.1 Å². The van der Waals surface area contributed by atoms with E-state index in [-0.39, 0.29) is 16.5 Å². The highest BCUT2D eigenvalue weighted by Crippen LogP contribution is 2.31. The molecule has 1 unspecified atom stereocenters. The van der Waals surface area contributed by atoms with Crippen LogP contribution in [0.3, 0.4) is 0 Å². The Labute approximate surface area is 183 Å². The number of rotatable bonds is 6. The Morgan fingerprint density at radius 2 is 1.94 bits per heavy atom. The standard InChI is InChI=1S/C21H19ClFN3O4S/c22-17-10-14(6-9-18(17)23)13-4-7-15(8-5-13)31(29,30)25-19-2-1-3-20-16(19)11-24-26(20)12-21(27)28/h4-11,19,25H,1-3,12H2,(H,27,28). The molecular weight excluding hydrogens is 445 g/mol. The number of fused-ring (bicyclic) bond motifs is 1. The molecule has 0 radical (unpaired) electrons. The molecule has 0 amide bonds. The highest BCUT2D eigenvalue weighted by molar-refractivity contribution is 7.89. The molecule has 10 heteroatoms. The normalized spacial score (nSPS) is 16.1. The van der Waals surface area contributed by atoms with Crippen LogP contribution in [0.15, 0.2) is 53.6 Å². The van der Waals surface area contributed by atoms with Gasteiger partial charge < -0.3 is 5.11 Å². The van der Waals surface area contributed by atoms with Crippen molar-refractivity contribution in [3.63, 3.8) is 0 Å². The highest BCUT2D eigenvalue weighted by Gasteiger charge is 2.29. The summed E-state index contributed by atoms with van der Waals surface area (Å²) in [7, 11) is -3.82. The molecule has 0 fully saturated rings. The molecule has 3 aromatic rings. The fourth-order valence-electron chi connectivity index (χ4n) is 3.76. The molecule has 0 aliphatic heterocycles. The minimum absolute atomic E-state index is 0.00703. The predicted octanol–water partition coefficient (Wildman–Crippen LogP) is 3.78. The van der Waals surface area contributed by atoms with Gasteiger partial charge in [0.05, 0.1) is 22.2 Å². The molecule has 0 bridgehead atoms. The fraction of sp³-hybridized carbons (Fsp3) is 0.238. The molecular formula is C21H19ClFN3O4S. The molecule has 4 rings (SSSR count). The van der Waals surface area contributed by atoms with Crippen molar-refractivity contribution < 1.29 is 22.7 Å². The number of hydrogen-bond acceptors (Lipinski definition) is 4. The molecule has 2 N–H and O–H groups in total. The van der Waals surface area contributed by atoms with Gasteiger partial charge in [0.2, 0.25) is 10.0 Å². The second-order valence-electron chi connectivity index (χ2n) is 7.32. The summed E-state index contributed by atoms with van der Waals surface area (Å²) in [6.45, 7) is -0.260. The van der Waals surface area contributed by atoms with E-state index in [4.69, 9.17) is 16.7 Å². The van der Waals surface area contributed by atoms with E-state index < -0.39 is 27.9 Å². The fourth-order valence-corrected chi connectivity index (χ4v) is 5.19. The third-order valence-corrected chi connectivity index (χ3v) is 7.04. The van der Waals surface area contributed by atoms with Gasteiger partial charge >= 0.3 is 5.97 Å². The van der Waals surface area contributed by atoms with E-state index in [1.165, 1.54) is 35.1 Å². The Kier molecular flexibility index (Phi) is 5.83. The molecule has 0 spiro atoms. The molecule has 162 valence electrons. The van der Waals surface area contributed by atoms with Crippen molar-refractivity contribution in [1.82, 2.24) is 14.5 Å². The second-order valence-corrected chi connectivity index (χ2v) is 9.44. The van der Waals surface area contributed by atoms with E-state index in [1.807, 2.05) is 0 Å². The molecule has 0 saturated heterocycles. The van der Waals surface area contributed by atoms with Gasteiger partial charge in [0.15, 0.2) is 0 Å². The van der Waals surface area contributed by atoms with E-state index in [9.17, 15) is 17.6 Å². The first-order valence-corrected chi connectivity index (χ1v) is 11.4. The maximum atomic E-state index is 13.4. The molecule has 31 heavy (non-hydrogen) atoms. The number of carboxylic acids is 1. The van der Waals surface area contributed by atoms with Crippen molar-refractivity contribution in [3.05, 3.63) is 70.8 Å². The summed E-state index contributed by atoms with van der Waals surface area (Å²) in [5.41, 5.74) is 2.82. The van der Waals surface area contributed by atoms with Crippen LogP contribution >= 0.6 is 11.6 Å². The smallest absolute Gasteiger partial charge is 0.325 e. The number of nitrogens with one attached hydrogen (secondary N) is 1. The van der Waals surface area contributed by atoms with Crippen molar-refractivity contribution in [2.45, 2.75) is 36.7 Å². The first-order valence-electron chi connectivity index (χ1n) is 9.59. The summed E-state index contributed by atoms with van der Waals surface area (Å²) in [6, 6.07) is 10.1. The van der Waals surface area contributed by atoms with Crippen LogP contribution in [0, 0.1) is 5.82 Å². The van der Waals surface area contributed by atoms with Gasteiger partial charge in [-0.15, -0.1) is 0 Å². The lowest BCUT2D eigenvalue weighted by molar-refractivity contribution is -0.137. The van der Waals surface area contributed by atoms with E-state index >= 15 is 0 Å². The summed E-state index contributed by atoms with van der Waals surface area (Å²) >= 11 is 5.83. The molecule has 2 aromatic carbocycles. The van der Waals surface area contributed by atoms with Crippen LogP contribution in [0.1, 0.15) is 30.1 Å². The first-order chi connectivity index (χ1) is 14.7. The number of nitrogens with zero attached hydrogens (tertiary/aromatic N) is 2. The number of carbonyl (C=O) groups is 1. The Morgan fingerprint density at radius 1 is 1.23 bits per heavy atom. The lowest BCUT2D eigenvalue weighted by Crippen LogP contribution is -2.31. The van der Waals surface area contributed by atoms with Gasteiger partial charge in [0, 0.05) is 11.3 Å². The number of sulfonamides is 1. The summed E-state index contributed by atoms with van der Waals surface area (Å²) in [5.74, 6) is -1.52. The maximum Gasteiger partial charge on any atom is 0.325 e. The number of carboxylic acid groups (broad SMARTS) is 1. The summed E-state index contributed by atoms with van der Waals surface area (Å²) in [5, 5.41) is 13.1. The molecule has 1 aliphatic carbocycles. The maximum absolute atomic E-state index is 13.4. The Balaban J connectivity index is 1.55. The molecule has 1 heterocycles. The Bertz CT molecular complexity index is 1240. The van der Waals surface area contributed by atoms with E-state index in [0.717, 1.165) is 12.1 Å². The first kappa shape index (κ1) is 21.5. The highest BCUT2D eigenvalue weighted by atomic mass is 35.5. The van der Waals surface area contributed by atoms with Crippen LogP contribution in [-0.2, 0) is 27.8 Å². The van der Waals surface area contributed by atoms with Gasteiger partial charge in [-0.2, -0.15) is 5.10 Å². The minimum Gasteiger partial charge on any atom is -0.480 e. The number of aromatic nitrogens is 2. The monoisotopic (exact) mass is 463 g/mol. The summed E-state index contributed by atoms with van der Waals surface area (Å²) in [6.07, 6.45) is 3.49. The third kappa shape index (κ3) is 4.48. The van der Waals surface area contributed by atoms with E-state index in [1.54, 1.807) is 18.2 Å². The molecule has 1 aromatic heterocycles. The quantitative estimate of drug-likeness (QED) is 0.579. The van der Waals surface area contributed by atoms with E-state index in [2.05, 4.69) is 9.82 Å². The average Bonchev–Trinajstić information content (AvgIpc) is 3.13. The zero-order valence-corrected chi connectivity index (χ0v) is 17.8. The third-order valence-electron chi connectivity index (χ3n) is 5.26. The van der Waals surface area contributed by atoms with Crippen LogP contribution in [0.4, 0.5) is 4.39 Å².